The molecule has 6 heteroatoms. The predicted molar refractivity (Wildman–Crippen MR) is 112 cm³/mol. The van der Waals surface area contributed by atoms with E-state index in [0.29, 0.717) is 11.6 Å². The van der Waals surface area contributed by atoms with E-state index in [9.17, 15) is 9.59 Å². The summed E-state index contributed by atoms with van der Waals surface area (Å²) in [6.07, 6.45) is 1.48. The van der Waals surface area contributed by atoms with Gasteiger partial charge in [-0.05, 0) is 35.4 Å². The second-order valence-corrected chi connectivity index (χ2v) is 7.48. The van der Waals surface area contributed by atoms with E-state index < -0.39 is 11.6 Å². The van der Waals surface area contributed by atoms with E-state index in [1.807, 2.05) is 72.8 Å². The Morgan fingerprint density at radius 3 is 2.53 bits per heavy atom. The van der Waals surface area contributed by atoms with Crippen molar-refractivity contribution in [1.82, 2.24) is 15.2 Å². The quantitative estimate of drug-likeness (QED) is 0.516. The van der Waals surface area contributed by atoms with E-state index >= 15 is 0 Å². The lowest BCUT2D eigenvalue weighted by Crippen LogP contribution is -2.41. The Hall–Kier alpha value is -3.93. The van der Waals surface area contributed by atoms with Gasteiger partial charge in [0.25, 0.3) is 5.91 Å². The number of hydrogen-bond acceptors (Lipinski definition) is 4. The Morgan fingerprint density at radius 1 is 0.967 bits per heavy atom. The molecule has 3 aromatic carbocycles. The molecule has 1 fully saturated rings. The molecule has 0 spiro atoms. The Bertz CT molecular complexity index is 1260. The SMILES string of the molecule is CC1(c2cccc3ccccc23)NC(=O)N(Cc2coc(-c3ccccc3)n2)C1=O. The molecule has 0 aliphatic carbocycles. The van der Waals surface area contributed by atoms with Gasteiger partial charge in [0.05, 0.1) is 12.2 Å². The summed E-state index contributed by atoms with van der Waals surface area (Å²) in [5, 5.41) is 4.83. The summed E-state index contributed by atoms with van der Waals surface area (Å²) in [5.74, 6) is 0.141. The van der Waals surface area contributed by atoms with Crippen LogP contribution in [0.4, 0.5) is 4.79 Å². The van der Waals surface area contributed by atoms with Crippen LogP contribution >= 0.6 is 0 Å². The molecule has 4 aromatic rings. The number of fused-ring (bicyclic) bond motifs is 1. The summed E-state index contributed by atoms with van der Waals surface area (Å²) in [7, 11) is 0. The number of benzene rings is 3. The molecule has 0 saturated carbocycles. The molecule has 0 radical (unpaired) electrons. The van der Waals surface area contributed by atoms with E-state index in [1.165, 1.54) is 11.2 Å². The molecule has 1 aromatic heterocycles. The van der Waals surface area contributed by atoms with E-state index in [4.69, 9.17) is 4.42 Å². The Morgan fingerprint density at radius 2 is 1.70 bits per heavy atom. The third-order valence-corrected chi connectivity index (χ3v) is 5.50. The first-order valence-corrected chi connectivity index (χ1v) is 9.68. The molecule has 2 heterocycles. The van der Waals surface area contributed by atoms with Crippen LogP contribution in [0.5, 0.6) is 0 Å². The molecule has 1 unspecified atom stereocenters. The van der Waals surface area contributed by atoms with Gasteiger partial charge in [0.1, 0.15) is 11.8 Å². The molecule has 0 bridgehead atoms. The second kappa shape index (κ2) is 6.84. The van der Waals surface area contributed by atoms with Crippen molar-refractivity contribution in [2.24, 2.45) is 0 Å². The first-order chi connectivity index (χ1) is 14.6. The molecule has 1 aliphatic heterocycles. The third-order valence-electron chi connectivity index (χ3n) is 5.50. The van der Waals surface area contributed by atoms with Crippen molar-refractivity contribution < 1.29 is 14.0 Å². The highest BCUT2D eigenvalue weighted by Crippen LogP contribution is 2.34. The minimum Gasteiger partial charge on any atom is -0.444 e. The molecule has 148 valence electrons. The number of carbonyl (C=O) groups is 2. The first-order valence-electron chi connectivity index (χ1n) is 9.68. The molecule has 1 aliphatic rings. The van der Waals surface area contributed by atoms with Crippen molar-refractivity contribution in [3.05, 3.63) is 90.3 Å². The van der Waals surface area contributed by atoms with Gasteiger partial charge in [-0.15, -0.1) is 0 Å². The van der Waals surface area contributed by atoms with Gasteiger partial charge in [0.2, 0.25) is 5.89 Å². The summed E-state index contributed by atoms with van der Waals surface area (Å²) in [4.78, 5) is 31.7. The number of imide groups is 1. The topological polar surface area (TPSA) is 75.4 Å². The second-order valence-electron chi connectivity index (χ2n) is 7.48. The zero-order chi connectivity index (χ0) is 20.7. The van der Waals surface area contributed by atoms with Crippen LogP contribution in [0.25, 0.3) is 22.2 Å². The van der Waals surface area contributed by atoms with E-state index in [-0.39, 0.29) is 12.5 Å². The van der Waals surface area contributed by atoms with Crippen molar-refractivity contribution in [2.75, 3.05) is 0 Å². The van der Waals surface area contributed by atoms with Gasteiger partial charge in [0, 0.05) is 5.56 Å². The maximum absolute atomic E-state index is 13.3. The molecule has 3 amide bonds. The molecule has 1 saturated heterocycles. The fourth-order valence-corrected chi connectivity index (χ4v) is 3.94. The largest absolute Gasteiger partial charge is 0.444 e. The highest BCUT2D eigenvalue weighted by Gasteiger charge is 2.49. The Labute approximate surface area is 173 Å². The van der Waals surface area contributed by atoms with Crippen LogP contribution < -0.4 is 5.32 Å². The molecule has 5 rings (SSSR count). The summed E-state index contributed by atoms with van der Waals surface area (Å²) < 4.78 is 5.54. The average Bonchev–Trinajstić information content (AvgIpc) is 3.33. The lowest BCUT2D eigenvalue weighted by Gasteiger charge is -2.24. The van der Waals surface area contributed by atoms with Crippen molar-refractivity contribution in [1.29, 1.82) is 0 Å². The smallest absolute Gasteiger partial charge is 0.325 e. The van der Waals surface area contributed by atoms with Gasteiger partial charge in [-0.3, -0.25) is 9.69 Å². The van der Waals surface area contributed by atoms with Gasteiger partial charge in [0.15, 0.2) is 0 Å². The van der Waals surface area contributed by atoms with Crippen molar-refractivity contribution in [3.8, 4) is 11.5 Å². The van der Waals surface area contributed by atoms with Crippen LogP contribution in [0.15, 0.2) is 83.5 Å². The van der Waals surface area contributed by atoms with Gasteiger partial charge in [-0.2, -0.15) is 0 Å². The van der Waals surface area contributed by atoms with Crippen LogP contribution in [0.3, 0.4) is 0 Å². The highest BCUT2D eigenvalue weighted by atomic mass is 16.3. The van der Waals surface area contributed by atoms with Crippen molar-refractivity contribution >= 4 is 22.7 Å². The van der Waals surface area contributed by atoms with Crippen molar-refractivity contribution in [2.45, 2.75) is 19.0 Å². The molecule has 6 nitrogen and oxygen atoms in total. The lowest BCUT2D eigenvalue weighted by atomic mass is 9.88. The summed E-state index contributed by atoms with van der Waals surface area (Å²) in [6.45, 7) is 1.79. The average molecular weight is 397 g/mol. The van der Waals surface area contributed by atoms with E-state index in [0.717, 1.165) is 21.9 Å². The van der Waals surface area contributed by atoms with E-state index in [2.05, 4.69) is 10.3 Å². The van der Waals surface area contributed by atoms with E-state index in [1.54, 1.807) is 6.92 Å². The molecular weight excluding hydrogens is 378 g/mol. The Kier molecular flexibility index (Phi) is 4.13. The highest BCUT2D eigenvalue weighted by molar-refractivity contribution is 6.09. The number of oxazole rings is 1. The molecular formula is C24H19N3O3. The number of amides is 3. The lowest BCUT2D eigenvalue weighted by molar-refractivity contribution is -0.131. The van der Waals surface area contributed by atoms with Crippen LogP contribution in [0.2, 0.25) is 0 Å². The Balaban J connectivity index is 1.45. The number of urea groups is 1. The predicted octanol–water partition coefficient (Wildman–Crippen LogP) is 4.46. The minimum atomic E-state index is -1.15. The molecule has 1 N–H and O–H groups in total. The summed E-state index contributed by atoms with van der Waals surface area (Å²) >= 11 is 0. The minimum absolute atomic E-state index is 0.0430. The maximum atomic E-state index is 13.3. The zero-order valence-corrected chi connectivity index (χ0v) is 16.3. The number of hydrogen-bond donors (Lipinski definition) is 1. The van der Waals surface area contributed by atoms with Gasteiger partial charge < -0.3 is 9.73 Å². The van der Waals surface area contributed by atoms with Crippen LogP contribution in [-0.2, 0) is 16.9 Å². The fraction of sp³-hybridized carbons (Fsp3) is 0.125. The van der Waals surface area contributed by atoms with Crippen molar-refractivity contribution in [3.63, 3.8) is 0 Å². The molecule has 30 heavy (non-hydrogen) atoms. The van der Waals surface area contributed by atoms with Crippen LogP contribution in [0.1, 0.15) is 18.2 Å². The fourth-order valence-electron chi connectivity index (χ4n) is 3.94. The number of aromatic nitrogens is 1. The number of nitrogens with one attached hydrogen (secondary N) is 1. The number of rotatable bonds is 4. The van der Waals surface area contributed by atoms with Gasteiger partial charge in [-0.25, -0.2) is 9.78 Å². The van der Waals surface area contributed by atoms with Crippen LogP contribution in [-0.4, -0.2) is 21.8 Å². The number of carbonyl (C=O) groups excluding carboxylic acids is 2. The monoisotopic (exact) mass is 397 g/mol. The van der Waals surface area contributed by atoms with Crippen LogP contribution in [0, 0.1) is 0 Å². The standard InChI is InChI=1S/C24H19N3O3/c1-24(20-13-7-11-16-8-5-6-12-19(16)20)22(28)27(23(29)26-24)14-18-15-30-21(25-18)17-9-3-2-4-10-17/h2-13,15H,14H2,1H3,(H,26,29). The summed E-state index contributed by atoms with van der Waals surface area (Å²) in [6, 6.07) is 22.6. The first kappa shape index (κ1) is 18.1. The van der Waals surface area contributed by atoms with Gasteiger partial charge in [-0.1, -0.05) is 60.7 Å². The summed E-state index contributed by atoms with van der Waals surface area (Å²) in [5.41, 5.74) is 0.969. The van der Waals surface area contributed by atoms with Gasteiger partial charge >= 0.3 is 6.03 Å². The molecule has 1 atom stereocenters. The third kappa shape index (κ3) is 2.85. The number of nitrogens with zero attached hydrogens (tertiary/aromatic N) is 2. The normalized spacial score (nSPS) is 18.8. The maximum Gasteiger partial charge on any atom is 0.325 e. The zero-order valence-electron chi connectivity index (χ0n) is 16.3.